The molecule has 5 heteroatoms. The Labute approximate surface area is 134 Å². The summed E-state index contributed by atoms with van der Waals surface area (Å²) < 4.78 is 24.6. The highest BCUT2D eigenvalue weighted by Gasteiger charge is 2.20. The summed E-state index contributed by atoms with van der Waals surface area (Å²) in [5, 5.41) is 0. The van der Waals surface area contributed by atoms with E-state index in [0.717, 1.165) is 11.3 Å². The minimum Gasteiger partial charge on any atom is -0.497 e. The maximum absolute atomic E-state index is 13.4. The molecule has 4 nitrogen and oxygen atoms in total. The second kappa shape index (κ2) is 6.38. The summed E-state index contributed by atoms with van der Waals surface area (Å²) in [7, 11) is 1.63. The molecule has 2 aromatic carbocycles. The van der Waals surface area contributed by atoms with Gasteiger partial charge in [-0.3, -0.25) is 0 Å². The SMILES string of the molecule is COc1ccc(C(OC(C)C)c2nc3ccc(F)cc3[nH]2)cc1. The lowest BCUT2D eigenvalue weighted by Crippen LogP contribution is -2.13. The summed E-state index contributed by atoms with van der Waals surface area (Å²) in [6.45, 7) is 3.94. The number of rotatable bonds is 5. The molecular formula is C18H19FN2O2. The van der Waals surface area contributed by atoms with E-state index in [2.05, 4.69) is 9.97 Å². The number of benzene rings is 2. The fourth-order valence-corrected chi connectivity index (χ4v) is 2.48. The van der Waals surface area contributed by atoms with Crippen molar-refractivity contribution in [3.8, 4) is 5.75 Å². The number of aromatic amines is 1. The minimum absolute atomic E-state index is 0.0204. The summed E-state index contributed by atoms with van der Waals surface area (Å²) in [6, 6.07) is 12.2. The van der Waals surface area contributed by atoms with Gasteiger partial charge >= 0.3 is 0 Å². The molecule has 23 heavy (non-hydrogen) atoms. The molecule has 1 heterocycles. The Morgan fingerprint density at radius 1 is 1.09 bits per heavy atom. The lowest BCUT2D eigenvalue weighted by atomic mass is 10.1. The van der Waals surface area contributed by atoms with Gasteiger partial charge in [-0.25, -0.2) is 9.37 Å². The number of hydrogen-bond donors (Lipinski definition) is 1. The zero-order valence-corrected chi connectivity index (χ0v) is 13.3. The van der Waals surface area contributed by atoms with E-state index in [0.29, 0.717) is 16.9 Å². The van der Waals surface area contributed by atoms with E-state index in [-0.39, 0.29) is 18.0 Å². The van der Waals surface area contributed by atoms with Crippen molar-refractivity contribution in [2.24, 2.45) is 0 Å². The van der Waals surface area contributed by atoms with Gasteiger partial charge < -0.3 is 14.5 Å². The van der Waals surface area contributed by atoms with E-state index >= 15 is 0 Å². The van der Waals surface area contributed by atoms with E-state index in [1.165, 1.54) is 12.1 Å². The molecule has 0 amide bonds. The molecule has 1 unspecified atom stereocenters. The highest BCUT2D eigenvalue weighted by atomic mass is 19.1. The molecule has 1 N–H and O–H groups in total. The number of ether oxygens (including phenoxy) is 2. The highest BCUT2D eigenvalue weighted by Crippen LogP contribution is 2.28. The zero-order valence-electron chi connectivity index (χ0n) is 13.3. The van der Waals surface area contributed by atoms with Crippen LogP contribution in [0, 0.1) is 5.82 Å². The third-order valence-corrected chi connectivity index (χ3v) is 3.54. The molecule has 120 valence electrons. The quantitative estimate of drug-likeness (QED) is 0.767. The van der Waals surface area contributed by atoms with Gasteiger partial charge in [-0.15, -0.1) is 0 Å². The van der Waals surface area contributed by atoms with Crippen LogP contribution in [0.15, 0.2) is 42.5 Å². The van der Waals surface area contributed by atoms with Crippen LogP contribution in [0.5, 0.6) is 5.75 Å². The molecule has 0 aliphatic heterocycles. The number of halogens is 1. The molecule has 0 aliphatic carbocycles. The summed E-state index contributed by atoms with van der Waals surface area (Å²) in [6.07, 6.45) is -0.330. The minimum atomic E-state index is -0.351. The van der Waals surface area contributed by atoms with Crippen molar-refractivity contribution >= 4 is 11.0 Å². The molecule has 1 aromatic heterocycles. The number of imidazole rings is 1. The van der Waals surface area contributed by atoms with Crippen LogP contribution in [0.3, 0.4) is 0 Å². The molecule has 0 radical (unpaired) electrons. The van der Waals surface area contributed by atoms with Crippen molar-refractivity contribution in [1.29, 1.82) is 0 Å². The highest BCUT2D eigenvalue weighted by molar-refractivity contribution is 5.75. The number of hydrogen-bond acceptors (Lipinski definition) is 3. The molecular weight excluding hydrogens is 295 g/mol. The normalized spacial score (nSPS) is 12.7. The number of methoxy groups -OCH3 is 1. The van der Waals surface area contributed by atoms with Crippen LogP contribution in [0.4, 0.5) is 4.39 Å². The van der Waals surface area contributed by atoms with E-state index in [1.807, 2.05) is 38.1 Å². The fourth-order valence-electron chi connectivity index (χ4n) is 2.48. The van der Waals surface area contributed by atoms with Crippen LogP contribution < -0.4 is 4.74 Å². The first-order valence-corrected chi connectivity index (χ1v) is 7.51. The first-order chi connectivity index (χ1) is 11.1. The number of fused-ring (bicyclic) bond motifs is 1. The van der Waals surface area contributed by atoms with E-state index in [1.54, 1.807) is 13.2 Å². The second-order valence-corrected chi connectivity index (χ2v) is 5.62. The van der Waals surface area contributed by atoms with Crippen molar-refractivity contribution in [3.63, 3.8) is 0 Å². The smallest absolute Gasteiger partial charge is 0.141 e. The van der Waals surface area contributed by atoms with Gasteiger partial charge in [0.1, 0.15) is 23.5 Å². The number of nitrogens with one attached hydrogen (secondary N) is 1. The predicted molar refractivity (Wildman–Crippen MR) is 87.1 cm³/mol. The third kappa shape index (κ3) is 3.35. The molecule has 0 saturated carbocycles. The average Bonchev–Trinajstić information content (AvgIpc) is 2.95. The second-order valence-electron chi connectivity index (χ2n) is 5.62. The summed E-state index contributed by atoms with van der Waals surface area (Å²) in [4.78, 5) is 7.71. The summed E-state index contributed by atoms with van der Waals surface area (Å²) in [5.41, 5.74) is 2.33. The maximum atomic E-state index is 13.4. The van der Waals surface area contributed by atoms with Gasteiger partial charge in [0.05, 0.1) is 24.2 Å². The summed E-state index contributed by atoms with van der Waals surface area (Å²) >= 11 is 0. The van der Waals surface area contributed by atoms with E-state index in [4.69, 9.17) is 9.47 Å². The Morgan fingerprint density at radius 2 is 1.83 bits per heavy atom. The van der Waals surface area contributed by atoms with E-state index < -0.39 is 0 Å². The van der Waals surface area contributed by atoms with Crippen LogP contribution in [0.25, 0.3) is 11.0 Å². The Morgan fingerprint density at radius 3 is 2.48 bits per heavy atom. The largest absolute Gasteiger partial charge is 0.497 e. The van der Waals surface area contributed by atoms with Crippen LogP contribution in [-0.2, 0) is 4.74 Å². The van der Waals surface area contributed by atoms with Crippen molar-refractivity contribution < 1.29 is 13.9 Å². The average molecular weight is 314 g/mol. The van der Waals surface area contributed by atoms with Crippen molar-refractivity contribution in [3.05, 3.63) is 59.7 Å². The molecule has 3 rings (SSSR count). The third-order valence-electron chi connectivity index (χ3n) is 3.54. The zero-order chi connectivity index (χ0) is 16.4. The first-order valence-electron chi connectivity index (χ1n) is 7.51. The van der Waals surface area contributed by atoms with Gasteiger partial charge in [-0.1, -0.05) is 12.1 Å². The summed E-state index contributed by atoms with van der Waals surface area (Å²) in [5.74, 6) is 1.15. The van der Waals surface area contributed by atoms with Crippen molar-refractivity contribution in [1.82, 2.24) is 9.97 Å². The molecule has 0 spiro atoms. The van der Waals surface area contributed by atoms with Crippen LogP contribution in [-0.4, -0.2) is 23.2 Å². The standard InChI is InChI=1S/C18H19FN2O2/c1-11(2)23-17(12-4-7-14(22-3)8-5-12)18-20-15-9-6-13(19)10-16(15)21-18/h4-11,17H,1-3H3,(H,20,21). The molecule has 0 bridgehead atoms. The van der Waals surface area contributed by atoms with E-state index in [9.17, 15) is 4.39 Å². The molecule has 0 saturated heterocycles. The monoisotopic (exact) mass is 314 g/mol. The van der Waals surface area contributed by atoms with Crippen LogP contribution in [0.2, 0.25) is 0 Å². The van der Waals surface area contributed by atoms with Crippen molar-refractivity contribution in [2.45, 2.75) is 26.1 Å². The molecule has 1 atom stereocenters. The Hall–Kier alpha value is -2.40. The lowest BCUT2D eigenvalue weighted by molar-refractivity contribution is 0.0261. The molecule has 0 fully saturated rings. The molecule has 3 aromatic rings. The maximum Gasteiger partial charge on any atom is 0.141 e. The Bertz CT molecular complexity index is 796. The number of nitrogens with zero attached hydrogens (tertiary/aromatic N) is 1. The molecule has 0 aliphatic rings. The van der Waals surface area contributed by atoms with Gasteiger partial charge in [-0.2, -0.15) is 0 Å². The fraction of sp³-hybridized carbons (Fsp3) is 0.278. The predicted octanol–water partition coefficient (Wildman–Crippen LogP) is 4.23. The topological polar surface area (TPSA) is 47.1 Å². The van der Waals surface area contributed by atoms with Crippen LogP contribution >= 0.6 is 0 Å². The Kier molecular flexibility index (Phi) is 4.30. The van der Waals surface area contributed by atoms with Gasteiger partial charge in [0.15, 0.2) is 0 Å². The van der Waals surface area contributed by atoms with Crippen molar-refractivity contribution in [2.75, 3.05) is 7.11 Å². The first kappa shape index (κ1) is 15.5. The van der Waals surface area contributed by atoms with Gasteiger partial charge in [0.2, 0.25) is 0 Å². The number of aromatic nitrogens is 2. The van der Waals surface area contributed by atoms with Crippen LogP contribution in [0.1, 0.15) is 31.3 Å². The van der Waals surface area contributed by atoms with Gasteiger partial charge in [0.25, 0.3) is 0 Å². The van der Waals surface area contributed by atoms with Gasteiger partial charge in [0, 0.05) is 0 Å². The Balaban J connectivity index is 2.02. The lowest BCUT2D eigenvalue weighted by Gasteiger charge is -2.19. The number of H-pyrrole nitrogens is 1. The van der Waals surface area contributed by atoms with Gasteiger partial charge in [-0.05, 0) is 49.7 Å².